The van der Waals surface area contributed by atoms with Gasteiger partial charge in [0, 0.05) is 30.0 Å². The molecule has 166 valence electrons. The molecular weight excluding hydrogens is 396 g/mol. The van der Waals surface area contributed by atoms with Gasteiger partial charge in [-0.1, -0.05) is 26.0 Å². The van der Waals surface area contributed by atoms with Crippen molar-refractivity contribution in [2.75, 3.05) is 7.05 Å². The topological polar surface area (TPSA) is 40.5 Å². The summed E-state index contributed by atoms with van der Waals surface area (Å²) in [4.78, 5) is 14.2. The number of carbonyl (C=O) groups is 1. The molecule has 0 bridgehead atoms. The fraction of sp³-hybridized carbons (Fsp3) is 0.577. The van der Waals surface area contributed by atoms with Gasteiger partial charge in [0.2, 0.25) is 5.91 Å². The van der Waals surface area contributed by atoms with Gasteiger partial charge in [0.1, 0.15) is 11.6 Å². The summed E-state index contributed by atoms with van der Waals surface area (Å²) in [6.07, 6.45) is 9.80. The molecule has 4 aliphatic rings. The highest BCUT2D eigenvalue weighted by molar-refractivity contribution is 5.89. The molecule has 31 heavy (non-hydrogen) atoms. The number of halogens is 2. The average Bonchev–Trinajstić information content (AvgIpc) is 2.95. The van der Waals surface area contributed by atoms with Crippen LogP contribution >= 0.6 is 0 Å². The van der Waals surface area contributed by atoms with Crippen molar-refractivity contribution in [3.63, 3.8) is 0 Å². The zero-order chi connectivity index (χ0) is 22.1. The van der Waals surface area contributed by atoms with E-state index in [1.807, 2.05) is 11.9 Å². The first-order chi connectivity index (χ1) is 14.6. The summed E-state index contributed by atoms with van der Waals surface area (Å²) in [5, 5.41) is 11.3. The summed E-state index contributed by atoms with van der Waals surface area (Å²) in [6, 6.07) is 3.74. The Hall–Kier alpha value is -2.01. The van der Waals surface area contributed by atoms with Crippen molar-refractivity contribution in [2.45, 2.75) is 58.1 Å². The van der Waals surface area contributed by atoms with Crippen LogP contribution in [0.4, 0.5) is 8.78 Å². The molecule has 0 radical (unpaired) electrons. The third-order valence-corrected chi connectivity index (χ3v) is 9.23. The lowest BCUT2D eigenvalue weighted by Gasteiger charge is -2.59. The lowest BCUT2D eigenvalue weighted by molar-refractivity contribution is -0.140. The van der Waals surface area contributed by atoms with E-state index in [1.54, 1.807) is 12.2 Å². The molecule has 0 saturated heterocycles. The number of likely N-dealkylation sites (N-methyl/N-ethyl adjacent to an activating group) is 1. The van der Waals surface area contributed by atoms with Gasteiger partial charge in [0.05, 0.1) is 6.10 Å². The normalized spacial score (nSPS) is 43.0. The predicted octanol–water partition coefficient (Wildman–Crippen LogP) is 4.96. The maximum absolute atomic E-state index is 13.7. The highest BCUT2D eigenvalue weighted by Gasteiger charge is 2.61. The smallest absolute Gasteiger partial charge is 0.246 e. The van der Waals surface area contributed by atoms with E-state index in [-0.39, 0.29) is 22.8 Å². The van der Waals surface area contributed by atoms with Crippen LogP contribution in [-0.4, -0.2) is 35.1 Å². The van der Waals surface area contributed by atoms with Crippen LogP contribution in [-0.2, 0) is 4.79 Å². The molecule has 3 fully saturated rings. The van der Waals surface area contributed by atoms with Crippen molar-refractivity contribution in [2.24, 2.45) is 28.6 Å². The highest BCUT2D eigenvalue weighted by Crippen LogP contribution is 2.65. The summed E-state index contributed by atoms with van der Waals surface area (Å²) >= 11 is 0. The SMILES string of the molecule is CN1C(=O)C=C[C@]2(C)[C@H]3CC[C@]4(C)[C@@H](O)C(=Cc5cc(F)cc(F)c5)C[C@H]4[C@@H]3CC[C@@H]12. The average molecular weight is 428 g/mol. The van der Waals surface area contributed by atoms with Crippen LogP contribution in [0, 0.1) is 40.2 Å². The lowest BCUT2D eigenvalue weighted by Crippen LogP contribution is -2.59. The van der Waals surface area contributed by atoms with Gasteiger partial charge in [-0.25, -0.2) is 8.78 Å². The van der Waals surface area contributed by atoms with Crippen molar-refractivity contribution in [1.29, 1.82) is 0 Å². The zero-order valence-corrected chi connectivity index (χ0v) is 18.4. The minimum atomic E-state index is -0.600. The molecule has 0 unspecified atom stereocenters. The van der Waals surface area contributed by atoms with Crippen molar-refractivity contribution in [3.05, 3.63) is 53.1 Å². The van der Waals surface area contributed by atoms with Crippen LogP contribution in [0.1, 0.15) is 51.5 Å². The fourth-order valence-corrected chi connectivity index (χ4v) is 7.61. The van der Waals surface area contributed by atoms with Gasteiger partial charge in [-0.15, -0.1) is 0 Å². The molecule has 1 amide bonds. The van der Waals surface area contributed by atoms with E-state index in [9.17, 15) is 18.7 Å². The van der Waals surface area contributed by atoms with Crippen molar-refractivity contribution in [3.8, 4) is 0 Å². The number of nitrogens with zero attached hydrogens (tertiary/aromatic N) is 1. The first kappa shape index (κ1) is 20.9. The minimum Gasteiger partial charge on any atom is -0.388 e. The molecule has 3 aliphatic carbocycles. The summed E-state index contributed by atoms with van der Waals surface area (Å²) in [5.41, 5.74) is 1.09. The predicted molar refractivity (Wildman–Crippen MR) is 116 cm³/mol. The van der Waals surface area contributed by atoms with E-state index in [4.69, 9.17) is 0 Å². The van der Waals surface area contributed by atoms with E-state index in [0.717, 1.165) is 43.7 Å². The third kappa shape index (κ3) is 3.03. The number of aliphatic hydroxyl groups excluding tert-OH is 1. The summed E-state index contributed by atoms with van der Waals surface area (Å²) < 4.78 is 27.4. The molecule has 0 aromatic heterocycles. The van der Waals surface area contributed by atoms with Gasteiger partial charge >= 0.3 is 0 Å². The van der Waals surface area contributed by atoms with E-state index in [0.29, 0.717) is 23.3 Å². The molecule has 1 aromatic rings. The number of amides is 1. The van der Waals surface area contributed by atoms with Crippen LogP contribution < -0.4 is 0 Å². The Morgan fingerprint density at radius 2 is 1.81 bits per heavy atom. The van der Waals surface area contributed by atoms with Gasteiger partial charge in [-0.05, 0) is 79.2 Å². The van der Waals surface area contributed by atoms with Crippen molar-refractivity contribution in [1.82, 2.24) is 4.90 Å². The maximum atomic E-state index is 13.7. The Morgan fingerprint density at radius 3 is 2.52 bits per heavy atom. The number of hydrogen-bond donors (Lipinski definition) is 1. The molecule has 0 spiro atoms. The van der Waals surface area contributed by atoms with Crippen LogP contribution in [0.2, 0.25) is 0 Å². The monoisotopic (exact) mass is 427 g/mol. The van der Waals surface area contributed by atoms with E-state index < -0.39 is 17.7 Å². The third-order valence-electron chi connectivity index (χ3n) is 9.23. The molecule has 1 heterocycles. The van der Waals surface area contributed by atoms with E-state index in [2.05, 4.69) is 19.9 Å². The molecule has 5 rings (SSSR count). The molecule has 1 aliphatic heterocycles. The highest BCUT2D eigenvalue weighted by atomic mass is 19.1. The Balaban J connectivity index is 1.48. The Morgan fingerprint density at radius 1 is 1.10 bits per heavy atom. The van der Waals surface area contributed by atoms with Gasteiger partial charge in [0.15, 0.2) is 0 Å². The largest absolute Gasteiger partial charge is 0.388 e. The van der Waals surface area contributed by atoms with Crippen LogP contribution in [0.25, 0.3) is 6.08 Å². The van der Waals surface area contributed by atoms with Crippen LogP contribution in [0.3, 0.4) is 0 Å². The molecule has 1 N–H and O–H groups in total. The Bertz CT molecular complexity index is 967. The zero-order valence-electron chi connectivity index (χ0n) is 18.4. The number of benzene rings is 1. The minimum absolute atomic E-state index is 0.0456. The lowest BCUT2D eigenvalue weighted by atomic mass is 9.48. The second-order valence-electron chi connectivity index (χ2n) is 10.7. The second kappa shape index (κ2) is 6.99. The second-order valence-corrected chi connectivity index (χ2v) is 10.7. The molecule has 7 atom stereocenters. The summed E-state index contributed by atoms with van der Waals surface area (Å²) in [5.74, 6) is 0.157. The number of rotatable bonds is 1. The number of carbonyl (C=O) groups excluding carboxylic acids is 1. The van der Waals surface area contributed by atoms with Gasteiger partial charge < -0.3 is 10.0 Å². The number of hydrogen-bond acceptors (Lipinski definition) is 2. The van der Waals surface area contributed by atoms with E-state index >= 15 is 0 Å². The van der Waals surface area contributed by atoms with Crippen molar-refractivity contribution < 1.29 is 18.7 Å². The Labute approximate surface area is 182 Å². The van der Waals surface area contributed by atoms with Crippen LogP contribution in [0.5, 0.6) is 0 Å². The number of fused-ring (bicyclic) bond motifs is 5. The van der Waals surface area contributed by atoms with Gasteiger partial charge in [-0.2, -0.15) is 0 Å². The molecule has 3 nitrogen and oxygen atoms in total. The van der Waals surface area contributed by atoms with E-state index in [1.165, 1.54) is 12.1 Å². The number of aliphatic hydroxyl groups is 1. The van der Waals surface area contributed by atoms with Gasteiger partial charge in [-0.3, -0.25) is 4.79 Å². The molecule has 5 heteroatoms. The fourth-order valence-electron chi connectivity index (χ4n) is 7.61. The quantitative estimate of drug-likeness (QED) is 0.688. The van der Waals surface area contributed by atoms with Crippen molar-refractivity contribution >= 4 is 12.0 Å². The van der Waals surface area contributed by atoms with Gasteiger partial charge in [0.25, 0.3) is 0 Å². The Kier molecular flexibility index (Phi) is 4.71. The molecule has 3 saturated carbocycles. The first-order valence-corrected chi connectivity index (χ1v) is 11.4. The molecule has 1 aromatic carbocycles. The molecular formula is C26H31F2NO2. The first-order valence-electron chi connectivity index (χ1n) is 11.4. The maximum Gasteiger partial charge on any atom is 0.246 e. The van der Waals surface area contributed by atoms with Crippen LogP contribution in [0.15, 0.2) is 35.9 Å². The summed E-state index contributed by atoms with van der Waals surface area (Å²) in [7, 11) is 1.92. The summed E-state index contributed by atoms with van der Waals surface area (Å²) in [6.45, 7) is 4.49. The standard InChI is InChI=1S/C26H31F2NO2/c1-25-9-7-23(30)29(3)22(25)5-4-19-20(25)6-8-26(2)21(19)13-16(24(26)31)10-15-11-17(27)14-18(28)12-15/h7,9-12,14,19-22,24,31H,4-6,8,13H2,1-3H3/t19-,20+,21+,22-,24+,25-,26+/m1/s1.